The van der Waals surface area contributed by atoms with Gasteiger partial charge in [0.1, 0.15) is 12.4 Å². The van der Waals surface area contributed by atoms with Gasteiger partial charge in [-0.25, -0.2) is 0 Å². The molecule has 0 aliphatic heterocycles. The van der Waals surface area contributed by atoms with E-state index >= 15 is 0 Å². The van der Waals surface area contributed by atoms with Gasteiger partial charge < -0.3 is 15.8 Å². The van der Waals surface area contributed by atoms with Crippen LogP contribution in [0, 0.1) is 11.8 Å². The van der Waals surface area contributed by atoms with Crippen molar-refractivity contribution in [1.29, 1.82) is 0 Å². The van der Waals surface area contributed by atoms with Crippen LogP contribution in [0.3, 0.4) is 0 Å². The van der Waals surface area contributed by atoms with Gasteiger partial charge in [-0.3, -0.25) is 9.59 Å². The molecule has 0 spiro atoms. The van der Waals surface area contributed by atoms with Crippen LogP contribution in [-0.4, -0.2) is 25.0 Å². The van der Waals surface area contributed by atoms with Crippen LogP contribution in [0.25, 0.3) is 0 Å². The SMILES string of the molecule is NC(=O)c1ccccc1OCC#CCNC(=O)Cc1ccccc1Cl. The highest BCUT2D eigenvalue weighted by Crippen LogP contribution is 2.17. The summed E-state index contributed by atoms with van der Waals surface area (Å²) in [6.07, 6.45) is 0.198. The molecule has 2 rings (SSSR count). The van der Waals surface area contributed by atoms with E-state index in [1.807, 2.05) is 12.1 Å². The Hall–Kier alpha value is -2.97. The minimum Gasteiger partial charge on any atom is -0.480 e. The maximum atomic E-state index is 11.8. The highest BCUT2D eigenvalue weighted by atomic mass is 35.5. The summed E-state index contributed by atoms with van der Waals surface area (Å²) in [4.78, 5) is 23.1. The summed E-state index contributed by atoms with van der Waals surface area (Å²) in [5.74, 6) is 5.20. The van der Waals surface area contributed by atoms with Crippen molar-refractivity contribution in [2.75, 3.05) is 13.2 Å². The second-order valence-electron chi connectivity index (χ2n) is 5.05. The summed E-state index contributed by atoms with van der Waals surface area (Å²) in [5.41, 5.74) is 6.33. The van der Waals surface area contributed by atoms with E-state index in [2.05, 4.69) is 17.2 Å². The van der Waals surface area contributed by atoms with E-state index < -0.39 is 5.91 Å². The second kappa shape index (κ2) is 9.36. The van der Waals surface area contributed by atoms with Gasteiger partial charge in [0.05, 0.1) is 18.5 Å². The van der Waals surface area contributed by atoms with Crippen LogP contribution >= 0.6 is 11.6 Å². The number of ether oxygens (including phenoxy) is 1. The number of nitrogens with two attached hydrogens (primary N) is 1. The summed E-state index contributed by atoms with van der Waals surface area (Å²) in [6.45, 7) is 0.286. The van der Waals surface area contributed by atoms with Gasteiger partial charge in [0.25, 0.3) is 5.91 Å². The quantitative estimate of drug-likeness (QED) is 0.778. The molecule has 2 amide bonds. The van der Waals surface area contributed by atoms with E-state index in [1.54, 1.807) is 36.4 Å². The van der Waals surface area contributed by atoms with Gasteiger partial charge in [0.15, 0.2) is 0 Å². The molecule has 0 aliphatic carbocycles. The molecule has 2 aromatic rings. The number of para-hydroxylation sites is 1. The van der Waals surface area contributed by atoms with Gasteiger partial charge >= 0.3 is 0 Å². The topological polar surface area (TPSA) is 81.4 Å². The van der Waals surface area contributed by atoms with E-state index in [-0.39, 0.29) is 25.5 Å². The van der Waals surface area contributed by atoms with Crippen molar-refractivity contribution in [3.63, 3.8) is 0 Å². The molecule has 0 unspecified atom stereocenters. The largest absolute Gasteiger partial charge is 0.480 e. The Balaban J connectivity index is 1.75. The van der Waals surface area contributed by atoms with Crippen molar-refractivity contribution >= 4 is 23.4 Å². The molecule has 0 radical (unpaired) electrons. The molecule has 0 aromatic heterocycles. The Bertz CT molecular complexity index is 825. The Morgan fingerprint density at radius 3 is 2.56 bits per heavy atom. The molecule has 0 heterocycles. The van der Waals surface area contributed by atoms with Crippen LogP contribution in [0.1, 0.15) is 15.9 Å². The van der Waals surface area contributed by atoms with E-state index in [0.29, 0.717) is 16.3 Å². The zero-order valence-corrected chi connectivity index (χ0v) is 14.2. The predicted octanol–water partition coefficient (Wildman–Crippen LogP) is 2.18. The lowest BCUT2D eigenvalue weighted by Gasteiger charge is -2.06. The molecule has 3 N–H and O–H groups in total. The van der Waals surface area contributed by atoms with Crippen LogP contribution in [-0.2, 0) is 11.2 Å². The Labute approximate surface area is 151 Å². The van der Waals surface area contributed by atoms with E-state index in [0.717, 1.165) is 5.56 Å². The first-order valence-electron chi connectivity index (χ1n) is 7.55. The number of carbonyl (C=O) groups is 2. The van der Waals surface area contributed by atoms with Crippen molar-refractivity contribution in [2.45, 2.75) is 6.42 Å². The standard InChI is InChI=1S/C19H17ClN2O3/c20-16-9-3-1-7-14(16)13-18(23)22-11-5-6-12-25-17-10-4-2-8-15(17)19(21)24/h1-4,7-10H,11-13H2,(H2,21,24)(H,22,23). The highest BCUT2D eigenvalue weighted by Gasteiger charge is 2.07. The maximum Gasteiger partial charge on any atom is 0.252 e. The van der Waals surface area contributed by atoms with Crippen LogP contribution in [0.5, 0.6) is 5.75 Å². The molecule has 5 nitrogen and oxygen atoms in total. The molecule has 2 aromatic carbocycles. The number of amides is 2. The van der Waals surface area contributed by atoms with Crippen LogP contribution in [0.4, 0.5) is 0 Å². The number of primary amides is 1. The molecule has 0 bridgehead atoms. The first-order valence-corrected chi connectivity index (χ1v) is 7.93. The number of hydrogen-bond acceptors (Lipinski definition) is 3. The summed E-state index contributed by atoms with van der Waals surface area (Å²) in [5, 5.41) is 3.25. The van der Waals surface area contributed by atoms with Crippen LogP contribution in [0.2, 0.25) is 5.02 Å². The van der Waals surface area contributed by atoms with Gasteiger partial charge in [0, 0.05) is 5.02 Å². The van der Waals surface area contributed by atoms with Gasteiger partial charge in [-0.1, -0.05) is 53.8 Å². The maximum absolute atomic E-state index is 11.8. The summed E-state index contributed by atoms with van der Waals surface area (Å²) < 4.78 is 5.41. The lowest BCUT2D eigenvalue weighted by Crippen LogP contribution is -2.25. The smallest absolute Gasteiger partial charge is 0.252 e. The van der Waals surface area contributed by atoms with Gasteiger partial charge in [0.2, 0.25) is 5.91 Å². The third-order valence-corrected chi connectivity index (χ3v) is 3.63. The molecule has 128 valence electrons. The fraction of sp³-hybridized carbons (Fsp3) is 0.158. The lowest BCUT2D eigenvalue weighted by atomic mass is 10.1. The zero-order chi connectivity index (χ0) is 18.1. The highest BCUT2D eigenvalue weighted by molar-refractivity contribution is 6.31. The molecule has 0 aliphatic rings. The van der Waals surface area contributed by atoms with Crippen molar-refractivity contribution in [2.24, 2.45) is 5.73 Å². The van der Waals surface area contributed by atoms with Crippen LogP contribution < -0.4 is 15.8 Å². The van der Waals surface area contributed by atoms with Crippen molar-refractivity contribution in [3.05, 3.63) is 64.7 Å². The van der Waals surface area contributed by atoms with E-state index in [1.165, 1.54) is 0 Å². The third-order valence-electron chi connectivity index (χ3n) is 3.26. The monoisotopic (exact) mass is 356 g/mol. The molecule has 0 saturated heterocycles. The number of rotatable bonds is 6. The average molecular weight is 357 g/mol. The zero-order valence-electron chi connectivity index (χ0n) is 13.4. The minimum absolute atomic E-state index is 0.0880. The minimum atomic E-state index is -0.560. The van der Waals surface area contributed by atoms with Crippen molar-refractivity contribution in [1.82, 2.24) is 5.32 Å². The van der Waals surface area contributed by atoms with Gasteiger partial charge in [-0.2, -0.15) is 0 Å². The lowest BCUT2D eigenvalue weighted by molar-refractivity contribution is -0.120. The average Bonchev–Trinajstić information content (AvgIpc) is 2.60. The van der Waals surface area contributed by atoms with Gasteiger partial charge in [-0.15, -0.1) is 0 Å². The molecule has 0 saturated carbocycles. The Kier molecular flexibility index (Phi) is 6.87. The molecular weight excluding hydrogens is 340 g/mol. The molecular formula is C19H17ClN2O3. The summed E-state index contributed by atoms with van der Waals surface area (Å²) in [7, 11) is 0. The Morgan fingerprint density at radius 1 is 1.08 bits per heavy atom. The fourth-order valence-electron chi connectivity index (χ4n) is 2.04. The van der Waals surface area contributed by atoms with Crippen LogP contribution in [0.15, 0.2) is 48.5 Å². The fourth-order valence-corrected chi connectivity index (χ4v) is 2.25. The van der Waals surface area contributed by atoms with Gasteiger partial charge in [-0.05, 0) is 23.8 Å². The predicted molar refractivity (Wildman–Crippen MR) is 96.4 cm³/mol. The van der Waals surface area contributed by atoms with E-state index in [4.69, 9.17) is 22.1 Å². The van der Waals surface area contributed by atoms with E-state index in [9.17, 15) is 9.59 Å². The second-order valence-corrected chi connectivity index (χ2v) is 5.45. The molecule has 6 heteroatoms. The summed E-state index contributed by atoms with van der Waals surface area (Å²) >= 11 is 6.01. The number of nitrogens with one attached hydrogen (secondary N) is 1. The Morgan fingerprint density at radius 2 is 1.80 bits per heavy atom. The number of benzene rings is 2. The summed E-state index contributed by atoms with van der Waals surface area (Å²) in [6, 6.07) is 13.9. The van der Waals surface area contributed by atoms with Crippen molar-refractivity contribution < 1.29 is 14.3 Å². The molecule has 0 fully saturated rings. The molecule has 25 heavy (non-hydrogen) atoms. The third kappa shape index (κ3) is 5.87. The normalized spacial score (nSPS) is 9.64. The first kappa shape index (κ1) is 18.4. The first-order chi connectivity index (χ1) is 12.1. The number of carbonyl (C=O) groups excluding carboxylic acids is 2. The van der Waals surface area contributed by atoms with Crippen molar-refractivity contribution in [3.8, 4) is 17.6 Å². The number of halogens is 1. The number of hydrogen-bond donors (Lipinski definition) is 2. The molecule has 0 atom stereocenters.